The Hall–Kier alpha value is -2.07. The molecule has 1 aliphatic heterocycles. The highest BCUT2D eigenvalue weighted by Crippen LogP contribution is 2.18. The maximum Gasteiger partial charge on any atom is 0.287 e. The van der Waals surface area contributed by atoms with Gasteiger partial charge in [-0.1, -0.05) is 31.2 Å². The molecule has 122 valence electrons. The van der Waals surface area contributed by atoms with E-state index >= 15 is 0 Å². The molecule has 2 aromatic rings. The highest BCUT2D eigenvalue weighted by molar-refractivity contribution is 5.91. The molecule has 0 atom stereocenters. The van der Waals surface area contributed by atoms with Gasteiger partial charge in [-0.05, 0) is 55.1 Å². The van der Waals surface area contributed by atoms with Gasteiger partial charge in [0.1, 0.15) is 0 Å². The van der Waals surface area contributed by atoms with Crippen molar-refractivity contribution in [1.29, 1.82) is 0 Å². The second-order valence-electron chi connectivity index (χ2n) is 6.44. The van der Waals surface area contributed by atoms with Crippen LogP contribution in [0, 0.1) is 5.92 Å². The molecule has 1 aliphatic rings. The summed E-state index contributed by atoms with van der Waals surface area (Å²) in [6.07, 6.45) is 4.11. The summed E-state index contributed by atoms with van der Waals surface area (Å²) in [5.74, 6) is 1.04. The molecule has 0 radical (unpaired) electrons. The van der Waals surface area contributed by atoms with E-state index in [1.54, 1.807) is 12.1 Å². The van der Waals surface area contributed by atoms with Crippen molar-refractivity contribution in [3.8, 4) is 0 Å². The molecule has 1 aromatic carbocycles. The van der Waals surface area contributed by atoms with Crippen LogP contribution < -0.4 is 5.32 Å². The van der Waals surface area contributed by atoms with Crippen LogP contribution in [0.25, 0.3) is 0 Å². The summed E-state index contributed by atoms with van der Waals surface area (Å²) in [5, 5.41) is 2.86. The van der Waals surface area contributed by atoms with Gasteiger partial charge in [-0.25, -0.2) is 0 Å². The highest BCUT2D eigenvalue weighted by Gasteiger charge is 2.15. The van der Waals surface area contributed by atoms with Crippen LogP contribution in [-0.2, 0) is 13.1 Å². The van der Waals surface area contributed by atoms with Crippen LogP contribution in [0.4, 0.5) is 0 Å². The number of carbonyl (C=O) groups excluding carboxylic acids is 1. The molecular formula is C19H24N2O2. The second-order valence-corrected chi connectivity index (χ2v) is 6.44. The molecule has 23 heavy (non-hydrogen) atoms. The summed E-state index contributed by atoms with van der Waals surface area (Å²) >= 11 is 0. The van der Waals surface area contributed by atoms with Gasteiger partial charge in [0, 0.05) is 13.1 Å². The maximum atomic E-state index is 11.8. The largest absolute Gasteiger partial charge is 0.459 e. The third-order valence-electron chi connectivity index (χ3n) is 4.50. The van der Waals surface area contributed by atoms with Crippen LogP contribution in [0.15, 0.2) is 47.1 Å². The Morgan fingerprint density at radius 3 is 2.52 bits per heavy atom. The maximum absolute atomic E-state index is 11.8. The standard InChI is InChI=1S/C19H24N2O2/c1-15-8-10-21(11-9-15)14-17-6-4-16(5-7-17)13-20-19(22)18-3-2-12-23-18/h2-7,12,15H,8-11,13-14H2,1H3,(H,20,22). The molecule has 3 rings (SSSR count). The van der Waals surface area contributed by atoms with E-state index in [9.17, 15) is 4.79 Å². The Kier molecular flexibility index (Phi) is 5.13. The lowest BCUT2D eigenvalue weighted by atomic mass is 9.99. The zero-order valence-corrected chi connectivity index (χ0v) is 13.6. The van der Waals surface area contributed by atoms with Gasteiger partial charge in [-0.2, -0.15) is 0 Å². The Balaban J connectivity index is 1.48. The minimum atomic E-state index is -0.179. The Labute approximate surface area is 137 Å². The number of furan rings is 1. The minimum Gasteiger partial charge on any atom is -0.459 e. The first kappa shape index (κ1) is 15.8. The summed E-state index contributed by atoms with van der Waals surface area (Å²) in [6, 6.07) is 11.9. The lowest BCUT2D eigenvalue weighted by Crippen LogP contribution is -2.32. The Morgan fingerprint density at radius 1 is 1.17 bits per heavy atom. The van der Waals surface area contributed by atoms with Crippen molar-refractivity contribution in [2.75, 3.05) is 13.1 Å². The van der Waals surface area contributed by atoms with E-state index in [1.165, 1.54) is 37.8 Å². The van der Waals surface area contributed by atoms with Crippen molar-refractivity contribution in [3.05, 3.63) is 59.5 Å². The van der Waals surface area contributed by atoms with Gasteiger partial charge in [-0.15, -0.1) is 0 Å². The van der Waals surface area contributed by atoms with E-state index in [1.807, 2.05) is 0 Å². The van der Waals surface area contributed by atoms with Gasteiger partial charge < -0.3 is 9.73 Å². The molecule has 0 spiro atoms. The summed E-state index contributed by atoms with van der Waals surface area (Å²) in [7, 11) is 0. The first-order valence-corrected chi connectivity index (χ1v) is 8.32. The van der Waals surface area contributed by atoms with Gasteiger partial charge in [-0.3, -0.25) is 9.69 Å². The van der Waals surface area contributed by atoms with Crippen molar-refractivity contribution < 1.29 is 9.21 Å². The molecule has 0 aliphatic carbocycles. The fourth-order valence-corrected chi connectivity index (χ4v) is 2.92. The highest BCUT2D eigenvalue weighted by atomic mass is 16.3. The normalized spacial score (nSPS) is 16.4. The number of hydrogen-bond acceptors (Lipinski definition) is 3. The molecule has 2 heterocycles. The van der Waals surface area contributed by atoms with Gasteiger partial charge in [0.2, 0.25) is 0 Å². The summed E-state index contributed by atoms with van der Waals surface area (Å²) in [6.45, 7) is 6.26. The molecule has 1 aromatic heterocycles. The number of likely N-dealkylation sites (tertiary alicyclic amines) is 1. The summed E-state index contributed by atoms with van der Waals surface area (Å²) < 4.78 is 5.08. The average molecular weight is 312 g/mol. The first-order chi connectivity index (χ1) is 11.2. The molecule has 0 saturated carbocycles. The Morgan fingerprint density at radius 2 is 1.87 bits per heavy atom. The van der Waals surface area contributed by atoms with Crippen molar-refractivity contribution in [2.45, 2.75) is 32.9 Å². The second kappa shape index (κ2) is 7.47. The monoisotopic (exact) mass is 312 g/mol. The third-order valence-corrected chi connectivity index (χ3v) is 4.50. The van der Waals surface area contributed by atoms with Gasteiger partial charge in [0.05, 0.1) is 6.26 Å². The van der Waals surface area contributed by atoms with Gasteiger partial charge in [0.25, 0.3) is 5.91 Å². The molecule has 0 bridgehead atoms. The molecule has 4 heteroatoms. The third kappa shape index (κ3) is 4.45. The summed E-state index contributed by atoms with van der Waals surface area (Å²) in [5.41, 5.74) is 2.43. The van der Waals surface area contributed by atoms with Crippen molar-refractivity contribution in [3.63, 3.8) is 0 Å². The van der Waals surface area contributed by atoms with Crippen LogP contribution in [0.3, 0.4) is 0 Å². The van der Waals surface area contributed by atoms with E-state index in [4.69, 9.17) is 4.42 Å². The van der Waals surface area contributed by atoms with Crippen LogP contribution in [0.5, 0.6) is 0 Å². The number of hydrogen-bond donors (Lipinski definition) is 1. The van der Waals surface area contributed by atoms with Gasteiger partial charge >= 0.3 is 0 Å². The number of amides is 1. The zero-order chi connectivity index (χ0) is 16.1. The first-order valence-electron chi connectivity index (χ1n) is 8.32. The predicted octanol–water partition coefficient (Wildman–Crippen LogP) is 3.44. The van der Waals surface area contributed by atoms with Crippen LogP contribution in [-0.4, -0.2) is 23.9 Å². The molecule has 1 saturated heterocycles. The minimum absolute atomic E-state index is 0.179. The van der Waals surface area contributed by atoms with E-state index in [0.717, 1.165) is 18.0 Å². The quantitative estimate of drug-likeness (QED) is 0.920. The zero-order valence-electron chi connectivity index (χ0n) is 13.6. The fourth-order valence-electron chi connectivity index (χ4n) is 2.92. The number of nitrogens with zero attached hydrogens (tertiary/aromatic N) is 1. The molecule has 1 fully saturated rings. The lowest BCUT2D eigenvalue weighted by Gasteiger charge is -2.30. The number of nitrogens with one attached hydrogen (secondary N) is 1. The van der Waals surface area contributed by atoms with Gasteiger partial charge in [0.15, 0.2) is 5.76 Å². The number of piperidine rings is 1. The molecule has 1 N–H and O–H groups in total. The molecule has 4 nitrogen and oxygen atoms in total. The average Bonchev–Trinajstić information content (AvgIpc) is 3.11. The molecular weight excluding hydrogens is 288 g/mol. The van der Waals surface area contributed by atoms with E-state index in [2.05, 4.69) is 41.4 Å². The number of benzene rings is 1. The van der Waals surface area contributed by atoms with Crippen molar-refractivity contribution >= 4 is 5.91 Å². The SMILES string of the molecule is CC1CCN(Cc2ccc(CNC(=O)c3ccco3)cc2)CC1. The molecule has 0 unspecified atom stereocenters. The predicted molar refractivity (Wildman–Crippen MR) is 90.0 cm³/mol. The smallest absolute Gasteiger partial charge is 0.287 e. The number of carbonyl (C=O) groups is 1. The van der Waals surface area contributed by atoms with E-state index < -0.39 is 0 Å². The van der Waals surface area contributed by atoms with E-state index in [-0.39, 0.29) is 5.91 Å². The summed E-state index contributed by atoms with van der Waals surface area (Å²) in [4.78, 5) is 14.3. The topological polar surface area (TPSA) is 45.5 Å². The van der Waals surface area contributed by atoms with Crippen molar-refractivity contribution in [1.82, 2.24) is 10.2 Å². The lowest BCUT2D eigenvalue weighted by molar-refractivity contribution is 0.0923. The Bertz CT molecular complexity index is 611. The van der Waals surface area contributed by atoms with Crippen LogP contribution >= 0.6 is 0 Å². The fraction of sp³-hybridized carbons (Fsp3) is 0.421. The van der Waals surface area contributed by atoms with Crippen LogP contribution in [0.2, 0.25) is 0 Å². The number of rotatable bonds is 5. The molecule has 1 amide bonds. The van der Waals surface area contributed by atoms with Crippen molar-refractivity contribution in [2.24, 2.45) is 5.92 Å². The van der Waals surface area contributed by atoms with Crippen LogP contribution in [0.1, 0.15) is 41.4 Å². The van der Waals surface area contributed by atoms with E-state index in [0.29, 0.717) is 12.3 Å².